The summed E-state index contributed by atoms with van der Waals surface area (Å²) in [4.78, 5) is 12.2. The van der Waals surface area contributed by atoms with Crippen LogP contribution in [0.1, 0.15) is 12.5 Å². The van der Waals surface area contributed by atoms with E-state index in [0.717, 1.165) is 31.3 Å². The lowest BCUT2D eigenvalue weighted by molar-refractivity contribution is -0.138. The molecule has 1 aliphatic heterocycles. The third kappa shape index (κ3) is 4.94. The lowest BCUT2D eigenvalue weighted by Gasteiger charge is -2.31. The van der Waals surface area contributed by atoms with Gasteiger partial charge in [0.15, 0.2) is 11.6 Å². The highest BCUT2D eigenvalue weighted by Gasteiger charge is 2.34. The number of alkyl halides is 3. The monoisotopic (exact) mass is 418 g/mol. The molecule has 1 fully saturated rings. The Morgan fingerprint density at radius 3 is 2.43 bits per heavy atom. The van der Waals surface area contributed by atoms with E-state index in [9.17, 15) is 22.4 Å². The van der Waals surface area contributed by atoms with Crippen molar-refractivity contribution in [3.63, 3.8) is 0 Å². The second-order valence-corrected chi connectivity index (χ2v) is 6.44. The minimum absolute atomic E-state index is 0. The molecule has 2 aromatic carbocycles. The highest BCUT2D eigenvalue weighted by molar-refractivity contribution is 5.92. The van der Waals surface area contributed by atoms with E-state index >= 15 is 0 Å². The van der Waals surface area contributed by atoms with Gasteiger partial charge in [-0.1, -0.05) is 19.1 Å². The van der Waals surface area contributed by atoms with E-state index in [4.69, 9.17) is 4.74 Å². The van der Waals surface area contributed by atoms with Gasteiger partial charge in [0.25, 0.3) is 0 Å². The van der Waals surface area contributed by atoms with Gasteiger partial charge in [-0.15, -0.1) is 12.4 Å². The third-order valence-corrected chi connectivity index (χ3v) is 4.55. The zero-order valence-corrected chi connectivity index (χ0v) is 15.7. The molecule has 1 heterocycles. The molecule has 2 aromatic rings. The van der Waals surface area contributed by atoms with Gasteiger partial charge in [0, 0.05) is 17.7 Å². The Balaban J connectivity index is 0.00000280. The summed E-state index contributed by atoms with van der Waals surface area (Å²) in [6, 6.07) is 8.17. The predicted octanol–water partition coefficient (Wildman–Crippen LogP) is 4.85. The van der Waals surface area contributed by atoms with Crippen molar-refractivity contribution in [2.75, 3.05) is 18.4 Å². The van der Waals surface area contributed by atoms with Gasteiger partial charge in [-0.3, -0.25) is 4.79 Å². The van der Waals surface area contributed by atoms with E-state index in [-0.39, 0.29) is 41.6 Å². The van der Waals surface area contributed by atoms with Crippen LogP contribution >= 0.6 is 12.4 Å². The van der Waals surface area contributed by atoms with Crippen LogP contribution in [-0.2, 0) is 11.0 Å². The molecule has 0 aliphatic carbocycles. The predicted molar refractivity (Wildman–Crippen MR) is 99.3 cm³/mol. The Kier molecular flexibility index (Phi) is 6.90. The van der Waals surface area contributed by atoms with Crippen molar-refractivity contribution in [1.82, 2.24) is 5.32 Å². The molecule has 1 amide bonds. The highest BCUT2D eigenvalue weighted by Crippen LogP contribution is 2.38. The van der Waals surface area contributed by atoms with Gasteiger partial charge in [-0.2, -0.15) is 13.2 Å². The number of benzene rings is 2. The molecule has 0 aromatic heterocycles. The minimum atomic E-state index is -4.62. The number of hydrogen-bond donors (Lipinski definition) is 2. The second kappa shape index (κ2) is 8.79. The number of para-hydroxylation sites is 1. The van der Waals surface area contributed by atoms with Crippen LogP contribution in [0.15, 0.2) is 42.5 Å². The molecule has 0 bridgehead atoms. The summed E-state index contributed by atoms with van der Waals surface area (Å²) in [6.45, 7) is 3.31. The van der Waals surface area contributed by atoms with Crippen LogP contribution in [0.5, 0.6) is 11.5 Å². The standard InChI is InChI=1S/C19H18F4N2O2.ClH/c1-11(12-9-24-10-12)18(26)25-13-6-7-17(15(20)8-13)27-16-5-3-2-4-14(16)19(21,22)23;/h2-8,11-12,24H,9-10H2,1H3,(H,25,26);1H. The molecule has 0 saturated carbocycles. The van der Waals surface area contributed by atoms with Crippen molar-refractivity contribution in [2.24, 2.45) is 11.8 Å². The number of ether oxygens (including phenoxy) is 1. The van der Waals surface area contributed by atoms with Crippen LogP contribution in [0.4, 0.5) is 23.2 Å². The molecule has 1 atom stereocenters. The Morgan fingerprint density at radius 1 is 1.18 bits per heavy atom. The highest BCUT2D eigenvalue weighted by atomic mass is 35.5. The first-order valence-electron chi connectivity index (χ1n) is 8.41. The molecule has 0 radical (unpaired) electrons. The van der Waals surface area contributed by atoms with Crippen LogP contribution in [-0.4, -0.2) is 19.0 Å². The van der Waals surface area contributed by atoms with E-state index in [1.54, 1.807) is 6.92 Å². The van der Waals surface area contributed by atoms with Crippen LogP contribution < -0.4 is 15.4 Å². The Morgan fingerprint density at radius 2 is 1.86 bits per heavy atom. The van der Waals surface area contributed by atoms with Gasteiger partial charge in [0.05, 0.1) is 5.56 Å². The first-order valence-corrected chi connectivity index (χ1v) is 8.41. The SMILES string of the molecule is CC(C(=O)Nc1ccc(Oc2ccccc2C(F)(F)F)c(F)c1)C1CNC1.Cl. The summed E-state index contributed by atoms with van der Waals surface area (Å²) in [6.07, 6.45) is -4.62. The number of halogens is 5. The van der Waals surface area contributed by atoms with Crippen molar-refractivity contribution in [2.45, 2.75) is 13.1 Å². The average molecular weight is 419 g/mol. The molecule has 4 nitrogen and oxygen atoms in total. The number of nitrogens with one attached hydrogen (secondary N) is 2. The molecule has 9 heteroatoms. The number of carbonyl (C=O) groups excluding carboxylic acids is 1. The van der Waals surface area contributed by atoms with Gasteiger partial charge in [-0.25, -0.2) is 4.39 Å². The summed E-state index contributed by atoms with van der Waals surface area (Å²) in [7, 11) is 0. The quantitative estimate of drug-likeness (QED) is 0.682. The fraction of sp³-hybridized carbons (Fsp3) is 0.316. The zero-order chi connectivity index (χ0) is 19.6. The first kappa shape index (κ1) is 22.0. The number of hydrogen-bond acceptors (Lipinski definition) is 3. The van der Waals surface area contributed by atoms with E-state index in [1.807, 2.05) is 0 Å². The molecule has 3 rings (SSSR count). The summed E-state index contributed by atoms with van der Waals surface area (Å²) in [5.74, 6) is -1.97. The van der Waals surface area contributed by atoms with Crippen LogP contribution in [0, 0.1) is 17.7 Å². The molecule has 152 valence electrons. The maximum atomic E-state index is 14.3. The van der Waals surface area contributed by atoms with Crippen molar-refractivity contribution < 1.29 is 27.1 Å². The minimum Gasteiger partial charge on any atom is -0.454 e. The summed E-state index contributed by atoms with van der Waals surface area (Å²) >= 11 is 0. The van der Waals surface area contributed by atoms with Crippen LogP contribution in [0.3, 0.4) is 0 Å². The number of anilines is 1. The fourth-order valence-electron chi connectivity index (χ4n) is 2.70. The lowest BCUT2D eigenvalue weighted by atomic mass is 9.88. The smallest absolute Gasteiger partial charge is 0.419 e. The fourth-order valence-corrected chi connectivity index (χ4v) is 2.70. The molecule has 2 N–H and O–H groups in total. The van der Waals surface area contributed by atoms with Gasteiger partial charge in [-0.05, 0) is 43.3 Å². The molecule has 1 saturated heterocycles. The second-order valence-electron chi connectivity index (χ2n) is 6.44. The maximum Gasteiger partial charge on any atom is 0.419 e. The molecular weight excluding hydrogens is 400 g/mol. The summed E-state index contributed by atoms with van der Waals surface area (Å²) < 4.78 is 58.4. The number of amides is 1. The van der Waals surface area contributed by atoms with Crippen LogP contribution in [0.2, 0.25) is 0 Å². The summed E-state index contributed by atoms with van der Waals surface area (Å²) in [5.41, 5.74) is -0.780. The van der Waals surface area contributed by atoms with Gasteiger partial charge in [0.2, 0.25) is 5.91 Å². The van der Waals surface area contributed by atoms with E-state index in [1.165, 1.54) is 24.3 Å². The zero-order valence-electron chi connectivity index (χ0n) is 14.8. The average Bonchev–Trinajstić information content (AvgIpc) is 2.55. The number of carbonyl (C=O) groups is 1. The Labute approximate surface area is 165 Å². The largest absolute Gasteiger partial charge is 0.454 e. The molecule has 1 aliphatic rings. The van der Waals surface area contributed by atoms with Crippen molar-refractivity contribution in [3.05, 3.63) is 53.8 Å². The maximum absolute atomic E-state index is 14.3. The van der Waals surface area contributed by atoms with E-state index in [2.05, 4.69) is 10.6 Å². The number of rotatable bonds is 5. The Hall–Kier alpha value is -2.32. The normalized spacial score (nSPS) is 15.2. The van der Waals surface area contributed by atoms with E-state index < -0.39 is 23.3 Å². The van der Waals surface area contributed by atoms with Gasteiger partial charge in [0.1, 0.15) is 5.75 Å². The topological polar surface area (TPSA) is 50.4 Å². The molecule has 1 unspecified atom stereocenters. The Bertz CT molecular complexity index is 841. The van der Waals surface area contributed by atoms with Crippen molar-refractivity contribution in [3.8, 4) is 11.5 Å². The van der Waals surface area contributed by atoms with Gasteiger partial charge < -0.3 is 15.4 Å². The first-order chi connectivity index (χ1) is 12.8. The van der Waals surface area contributed by atoms with Crippen molar-refractivity contribution >= 4 is 24.0 Å². The molecule has 0 spiro atoms. The van der Waals surface area contributed by atoms with Gasteiger partial charge >= 0.3 is 6.18 Å². The van der Waals surface area contributed by atoms with Crippen LogP contribution in [0.25, 0.3) is 0 Å². The summed E-state index contributed by atoms with van der Waals surface area (Å²) in [5, 5.41) is 5.70. The van der Waals surface area contributed by atoms with Crippen molar-refractivity contribution in [1.29, 1.82) is 0 Å². The lowest BCUT2D eigenvalue weighted by Crippen LogP contribution is -2.48. The molecular formula is C19H19ClF4N2O2. The third-order valence-electron chi connectivity index (χ3n) is 4.55. The molecule has 28 heavy (non-hydrogen) atoms. The van der Waals surface area contributed by atoms with E-state index in [0.29, 0.717) is 0 Å².